The van der Waals surface area contributed by atoms with Crippen LogP contribution < -0.4 is 0 Å². The van der Waals surface area contributed by atoms with Crippen LogP contribution in [0.25, 0.3) is 0 Å². The lowest BCUT2D eigenvalue weighted by Gasteiger charge is -2.38. The molecule has 0 aliphatic heterocycles. The van der Waals surface area contributed by atoms with Crippen LogP contribution in [-0.4, -0.2) is 46.7 Å². The molecule has 2 aliphatic carbocycles. The molecule has 0 fully saturated rings. The van der Waals surface area contributed by atoms with E-state index in [4.69, 9.17) is 9.84 Å². The summed E-state index contributed by atoms with van der Waals surface area (Å²) in [6.45, 7) is 2.21. The van der Waals surface area contributed by atoms with Gasteiger partial charge in [0.1, 0.15) is 0 Å². The molecular weight excluding hydrogens is 308 g/mol. The van der Waals surface area contributed by atoms with Crippen LogP contribution in [0.15, 0.2) is 23.8 Å². The summed E-state index contributed by atoms with van der Waals surface area (Å²) in [6.07, 6.45) is 8.58. The van der Waals surface area contributed by atoms with E-state index < -0.39 is 18.2 Å². The van der Waals surface area contributed by atoms with Gasteiger partial charge in [-0.2, -0.15) is 0 Å². The second-order valence-corrected chi connectivity index (χ2v) is 7.22. The summed E-state index contributed by atoms with van der Waals surface area (Å²) in [7, 11) is 1.48. The Kier molecular flexibility index (Phi) is 7.02. The zero-order valence-corrected chi connectivity index (χ0v) is 14.6. The van der Waals surface area contributed by atoms with Crippen molar-refractivity contribution in [3.63, 3.8) is 0 Å². The first-order chi connectivity index (χ1) is 11.4. The van der Waals surface area contributed by atoms with Crippen LogP contribution in [0.5, 0.6) is 0 Å². The van der Waals surface area contributed by atoms with Gasteiger partial charge in [0.25, 0.3) is 0 Å². The highest BCUT2D eigenvalue weighted by atomic mass is 16.5. The fourth-order valence-corrected chi connectivity index (χ4v) is 4.09. The van der Waals surface area contributed by atoms with Crippen LogP contribution in [-0.2, 0) is 9.53 Å². The molecule has 0 radical (unpaired) electrons. The molecule has 0 bridgehead atoms. The normalized spacial score (nSPS) is 31.9. The minimum Gasteiger partial charge on any atom is -0.481 e. The summed E-state index contributed by atoms with van der Waals surface area (Å²) in [5.74, 6) is 0.462. The van der Waals surface area contributed by atoms with Crippen LogP contribution in [0, 0.1) is 17.8 Å². The van der Waals surface area contributed by atoms with E-state index in [1.165, 1.54) is 12.7 Å². The number of methoxy groups -OCH3 is 1. The van der Waals surface area contributed by atoms with Gasteiger partial charge in [-0.1, -0.05) is 25.2 Å². The molecule has 24 heavy (non-hydrogen) atoms. The number of allylic oxidation sites excluding steroid dienone is 3. The molecular formula is C19H30O5. The summed E-state index contributed by atoms with van der Waals surface area (Å²) >= 11 is 0. The maximum atomic E-state index is 10.8. The van der Waals surface area contributed by atoms with Crippen molar-refractivity contribution < 1.29 is 24.9 Å². The lowest BCUT2D eigenvalue weighted by Crippen LogP contribution is -2.31. The predicted octanol–water partition coefficient (Wildman–Crippen LogP) is 2.53. The van der Waals surface area contributed by atoms with E-state index in [0.717, 1.165) is 19.3 Å². The standard InChI is InChI=1S/C19H30O5/c1-12-3-4-13-9-14(20)6-8-18(13)17(12)7-5-15(21)10-16(24-2)11-19(22)23/h3-4,9,12,14-18,20-21H,5-8,10-11H2,1-2H3,(H,22,23). The summed E-state index contributed by atoms with van der Waals surface area (Å²) in [5, 5.41) is 28.9. The first-order valence-corrected chi connectivity index (χ1v) is 8.91. The zero-order valence-electron chi connectivity index (χ0n) is 14.6. The number of rotatable bonds is 8. The molecule has 2 rings (SSSR count). The molecule has 3 N–H and O–H groups in total. The highest BCUT2D eigenvalue weighted by Crippen LogP contribution is 2.42. The predicted molar refractivity (Wildman–Crippen MR) is 91.5 cm³/mol. The minimum atomic E-state index is -0.907. The molecule has 5 nitrogen and oxygen atoms in total. The molecule has 0 aromatic rings. The SMILES string of the molecule is COC(CC(=O)O)CC(O)CCC1C(C)C=CC2=CC(O)CCC21. The summed E-state index contributed by atoms with van der Waals surface area (Å²) in [5.41, 5.74) is 1.23. The van der Waals surface area contributed by atoms with Crippen molar-refractivity contribution in [1.29, 1.82) is 0 Å². The molecule has 136 valence electrons. The largest absolute Gasteiger partial charge is 0.481 e. The number of fused-ring (bicyclic) bond motifs is 1. The molecule has 6 unspecified atom stereocenters. The van der Waals surface area contributed by atoms with Gasteiger partial charge in [-0.05, 0) is 49.0 Å². The van der Waals surface area contributed by atoms with Gasteiger partial charge in [-0.25, -0.2) is 0 Å². The molecule has 6 atom stereocenters. The monoisotopic (exact) mass is 338 g/mol. The number of carboxylic acids is 1. The van der Waals surface area contributed by atoms with Crippen molar-refractivity contribution in [3.05, 3.63) is 23.8 Å². The Morgan fingerprint density at radius 2 is 2.17 bits per heavy atom. The Morgan fingerprint density at radius 3 is 2.83 bits per heavy atom. The van der Waals surface area contributed by atoms with Gasteiger partial charge in [0.15, 0.2) is 0 Å². The number of carboxylic acid groups (broad SMARTS) is 1. The van der Waals surface area contributed by atoms with E-state index >= 15 is 0 Å². The maximum absolute atomic E-state index is 10.8. The van der Waals surface area contributed by atoms with E-state index in [2.05, 4.69) is 19.1 Å². The molecule has 0 aromatic heterocycles. The molecule has 0 spiro atoms. The van der Waals surface area contributed by atoms with Gasteiger partial charge < -0.3 is 20.1 Å². The van der Waals surface area contributed by atoms with E-state index in [1.54, 1.807) is 0 Å². The Bertz CT molecular complexity index is 484. The van der Waals surface area contributed by atoms with Crippen LogP contribution >= 0.6 is 0 Å². The quantitative estimate of drug-likeness (QED) is 0.633. The molecule has 5 heteroatoms. The molecule has 0 amide bonds. The second-order valence-electron chi connectivity index (χ2n) is 7.22. The third-order valence-electron chi connectivity index (χ3n) is 5.47. The van der Waals surface area contributed by atoms with Crippen LogP contribution in [0.3, 0.4) is 0 Å². The zero-order chi connectivity index (χ0) is 17.7. The van der Waals surface area contributed by atoms with Crippen molar-refractivity contribution >= 4 is 5.97 Å². The highest BCUT2D eigenvalue weighted by Gasteiger charge is 2.33. The van der Waals surface area contributed by atoms with Crippen molar-refractivity contribution in [2.45, 2.75) is 63.8 Å². The fourth-order valence-electron chi connectivity index (χ4n) is 4.09. The summed E-state index contributed by atoms with van der Waals surface area (Å²) in [6, 6.07) is 0. The number of hydrogen-bond acceptors (Lipinski definition) is 4. The lowest BCUT2D eigenvalue weighted by atomic mass is 9.67. The highest BCUT2D eigenvalue weighted by molar-refractivity contribution is 5.67. The van der Waals surface area contributed by atoms with E-state index in [-0.39, 0.29) is 12.5 Å². The minimum absolute atomic E-state index is 0.0798. The van der Waals surface area contributed by atoms with Crippen molar-refractivity contribution in [3.8, 4) is 0 Å². The van der Waals surface area contributed by atoms with Gasteiger partial charge in [0, 0.05) is 13.5 Å². The Morgan fingerprint density at radius 1 is 1.42 bits per heavy atom. The molecule has 0 aromatic carbocycles. The average Bonchev–Trinajstić information content (AvgIpc) is 2.53. The first kappa shape index (κ1) is 19.2. The van der Waals surface area contributed by atoms with E-state index in [9.17, 15) is 15.0 Å². The summed E-state index contributed by atoms with van der Waals surface area (Å²) in [4.78, 5) is 10.8. The lowest BCUT2D eigenvalue weighted by molar-refractivity contribution is -0.140. The van der Waals surface area contributed by atoms with Gasteiger partial charge >= 0.3 is 5.97 Å². The third-order valence-corrected chi connectivity index (χ3v) is 5.47. The van der Waals surface area contributed by atoms with Crippen LogP contribution in [0.4, 0.5) is 0 Å². The van der Waals surface area contributed by atoms with E-state index in [0.29, 0.717) is 30.6 Å². The van der Waals surface area contributed by atoms with Crippen LogP contribution in [0.1, 0.15) is 45.4 Å². The van der Waals surface area contributed by atoms with Crippen molar-refractivity contribution in [2.75, 3.05) is 7.11 Å². The topological polar surface area (TPSA) is 87.0 Å². The average molecular weight is 338 g/mol. The number of carbonyl (C=O) groups is 1. The second kappa shape index (κ2) is 8.79. The first-order valence-electron chi connectivity index (χ1n) is 8.91. The Balaban J connectivity index is 1.89. The number of aliphatic carboxylic acids is 1. The number of aliphatic hydroxyl groups excluding tert-OH is 2. The van der Waals surface area contributed by atoms with Crippen molar-refractivity contribution in [2.24, 2.45) is 17.8 Å². The summed E-state index contributed by atoms with van der Waals surface area (Å²) < 4.78 is 5.15. The Labute approximate surface area is 144 Å². The number of aliphatic hydroxyl groups is 2. The number of hydrogen-bond donors (Lipinski definition) is 3. The van der Waals surface area contributed by atoms with Crippen LogP contribution in [0.2, 0.25) is 0 Å². The van der Waals surface area contributed by atoms with Gasteiger partial charge in [0.2, 0.25) is 0 Å². The molecule has 0 heterocycles. The molecule has 0 saturated heterocycles. The molecule has 2 aliphatic rings. The van der Waals surface area contributed by atoms with Gasteiger partial charge in [0.05, 0.1) is 24.7 Å². The fraction of sp³-hybridized carbons (Fsp3) is 0.737. The third kappa shape index (κ3) is 5.16. The van der Waals surface area contributed by atoms with Gasteiger partial charge in [-0.3, -0.25) is 4.79 Å². The van der Waals surface area contributed by atoms with Gasteiger partial charge in [-0.15, -0.1) is 0 Å². The number of ether oxygens (including phenoxy) is 1. The molecule has 0 saturated carbocycles. The maximum Gasteiger partial charge on any atom is 0.305 e. The van der Waals surface area contributed by atoms with E-state index in [1.807, 2.05) is 6.08 Å². The smallest absolute Gasteiger partial charge is 0.305 e. The Hall–Kier alpha value is -1.17. The van der Waals surface area contributed by atoms with Crippen molar-refractivity contribution in [1.82, 2.24) is 0 Å².